The Morgan fingerprint density at radius 1 is 1.14 bits per heavy atom. The number of rotatable bonds is 7. The van der Waals surface area contributed by atoms with E-state index in [0.717, 1.165) is 16.5 Å². The first-order valence-corrected chi connectivity index (χ1v) is 11.4. The van der Waals surface area contributed by atoms with Crippen LogP contribution < -0.4 is 15.8 Å². The Morgan fingerprint density at radius 3 is 2.66 bits per heavy atom. The molecule has 2 aromatic carbocycles. The van der Waals surface area contributed by atoms with Gasteiger partial charge in [-0.25, -0.2) is 4.98 Å². The number of pyridine rings is 1. The second kappa shape index (κ2) is 10.8. The molecule has 7 nitrogen and oxygen atoms in total. The molecule has 2 aromatic heterocycles. The van der Waals surface area contributed by atoms with Crippen LogP contribution in [0.2, 0.25) is 0 Å². The molecule has 1 amide bonds. The lowest BCUT2D eigenvalue weighted by molar-refractivity contribution is 0.0910. The first kappa shape index (κ1) is 23.9. The SMILES string of the molecule is CC(C)Oc1ccc(C#Cc2ccc(N)nc2)cc1C(=O)N[C@@H](CO)Cc1c[nH]c2ccccc12. The van der Waals surface area contributed by atoms with Crippen molar-refractivity contribution in [2.75, 3.05) is 12.3 Å². The molecule has 0 saturated heterocycles. The van der Waals surface area contributed by atoms with Crippen molar-refractivity contribution in [1.82, 2.24) is 15.3 Å². The normalized spacial score (nSPS) is 11.7. The van der Waals surface area contributed by atoms with Crippen LogP contribution in [-0.4, -0.2) is 39.7 Å². The Morgan fingerprint density at radius 2 is 1.91 bits per heavy atom. The first-order chi connectivity index (χ1) is 16.9. The number of aromatic amines is 1. The van der Waals surface area contributed by atoms with E-state index in [9.17, 15) is 9.90 Å². The van der Waals surface area contributed by atoms with E-state index < -0.39 is 6.04 Å². The summed E-state index contributed by atoms with van der Waals surface area (Å²) in [6, 6.07) is 16.2. The monoisotopic (exact) mass is 468 g/mol. The highest BCUT2D eigenvalue weighted by molar-refractivity contribution is 5.97. The maximum atomic E-state index is 13.3. The summed E-state index contributed by atoms with van der Waals surface area (Å²) >= 11 is 0. The Labute approximate surface area is 204 Å². The number of aliphatic hydroxyl groups excluding tert-OH is 1. The lowest BCUT2D eigenvalue weighted by Gasteiger charge is -2.19. The molecule has 178 valence electrons. The third-order valence-corrected chi connectivity index (χ3v) is 5.42. The number of benzene rings is 2. The molecule has 4 rings (SSSR count). The lowest BCUT2D eigenvalue weighted by Crippen LogP contribution is -2.39. The number of amides is 1. The number of H-pyrrole nitrogens is 1. The van der Waals surface area contributed by atoms with E-state index in [1.54, 1.807) is 30.5 Å². The zero-order valence-corrected chi connectivity index (χ0v) is 19.7. The summed E-state index contributed by atoms with van der Waals surface area (Å²) in [6.45, 7) is 3.60. The third-order valence-electron chi connectivity index (χ3n) is 5.42. The minimum absolute atomic E-state index is 0.112. The van der Waals surface area contributed by atoms with Crippen LogP contribution in [0.25, 0.3) is 10.9 Å². The number of nitrogens with two attached hydrogens (primary N) is 1. The average Bonchev–Trinajstić information content (AvgIpc) is 3.26. The number of nitrogens with one attached hydrogen (secondary N) is 2. The van der Waals surface area contributed by atoms with Gasteiger partial charge in [-0.05, 0) is 62.2 Å². The summed E-state index contributed by atoms with van der Waals surface area (Å²) in [5.74, 6) is 6.64. The minimum Gasteiger partial charge on any atom is -0.490 e. The van der Waals surface area contributed by atoms with E-state index in [2.05, 4.69) is 27.1 Å². The lowest BCUT2D eigenvalue weighted by atomic mass is 10.0. The molecule has 2 heterocycles. The van der Waals surface area contributed by atoms with Crippen molar-refractivity contribution < 1.29 is 14.6 Å². The molecular weight excluding hydrogens is 440 g/mol. The smallest absolute Gasteiger partial charge is 0.255 e. The number of nitrogens with zero attached hydrogens (tertiary/aromatic N) is 1. The summed E-state index contributed by atoms with van der Waals surface area (Å²) < 4.78 is 5.88. The fourth-order valence-electron chi connectivity index (χ4n) is 3.76. The van der Waals surface area contributed by atoms with E-state index in [0.29, 0.717) is 34.7 Å². The Kier molecular flexibility index (Phi) is 7.34. The van der Waals surface area contributed by atoms with Gasteiger partial charge >= 0.3 is 0 Å². The van der Waals surface area contributed by atoms with Gasteiger partial charge in [0.1, 0.15) is 11.6 Å². The Balaban J connectivity index is 1.57. The van der Waals surface area contributed by atoms with Crippen LogP contribution >= 0.6 is 0 Å². The predicted octanol–water partition coefficient (Wildman–Crippen LogP) is 3.67. The van der Waals surface area contributed by atoms with E-state index >= 15 is 0 Å². The van der Waals surface area contributed by atoms with Crippen molar-refractivity contribution in [3.05, 3.63) is 89.2 Å². The van der Waals surface area contributed by atoms with Crippen LogP contribution in [0.4, 0.5) is 5.82 Å². The topological polar surface area (TPSA) is 113 Å². The van der Waals surface area contributed by atoms with Crippen molar-refractivity contribution >= 4 is 22.6 Å². The molecule has 0 unspecified atom stereocenters. The van der Waals surface area contributed by atoms with Crippen molar-refractivity contribution in [2.45, 2.75) is 32.4 Å². The molecule has 0 fully saturated rings. The van der Waals surface area contributed by atoms with Gasteiger partial charge in [-0.15, -0.1) is 0 Å². The van der Waals surface area contributed by atoms with Gasteiger partial charge < -0.3 is 25.9 Å². The van der Waals surface area contributed by atoms with Gasteiger partial charge in [0, 0.05) is 34.4 Å². The Hall–Kier alpha value is -4.28. The number of hydrogen-bond donors (Lipinski definition) is 4. The molecule has 0 saturated carbocycles. The van der Waals surface area contributed by atoms with E-state index in [-0.39, 0.29) is 18.6 Å². The van der Waals surface area contributed by atoms with Crippen LogP contribution in [0, 0.1) is 11.8 Å². The Bertz CT molecular complexity index is 1380. The summed E-state index contributed by atoms with van der Waals surface area (Å²) in [7, 11) is 0. The van der Waals surface area contributed by atoms with Gasteiger partial charge in [-0.3, -0.25) is 4.79 Å². The van der Waals surface area contributed by atoms with Gasteiger partial charge in [0.15, 0.2) is 0 Å². The number of hydrogen-bond acceptors (Lipinski definition) is 5. The van der Waals surface area contributed by atoms with Crippen molar-refractivity contribution in [2.24, 2.45) is 0 Å². The van der Waals surface area contributed by atoms with Crippen LogP contribution in [0.5, 0.6) is 5.75 Å². The molecule has 5 N–H and O–H groups in total. The van der Waals surface area contributed by atoms with Gasteiger partial charge in [-0.1, -0.05) is 30.0 Å². The van der Waals surface area contributed by atoms with E-state index in [1.165, 1.54) is 0 Å². The van der Waals surface area contributed by atoms with E-state index in [1.807, 2.05) is 50.4 Å². The fourth-order valence-corrected chi connectivity index (χ4v) is 3.76. The summed E-state index contributed by atoms with van der Waals surface area (Å²) in [5.41, 5.74) is 9.39. The number of aliphatic hydroxyl groups is 1. The highest BCUT2D eigenvalue weighted by Crippen LogP contribution is 2.23. The number of fused-ring (bicyclic) bond motifs is 1. The molecule has 0 radical (unpaired) electrons. The molecule has 0 aliphatic carbocycles. The number of carbonyl (C=O) groups is 1. The van der Waals surface area contributed by atoms with Gasteiger partial charge in [-0.2, -0.15) is 0 Å². The number of ether oxygens (including phenoxy) is 1. The molecule has 0 aliphatic heterocycles. The average molecular weight is 469 g/mol. The van der Waals surface area contributed by atoms with Gasteiger partial charge in [0.05, 0.1) is 24.3 Å². The largest absolute Gasteiger partial charge is 0.490 e. The molecule has 0 spiro atoms. The van der Waals surface area contributed by atoms with Crippen LogP contribution in [0.3, 0.4) is 0 Å². The zero-order valence-electron chi connectivity index (χ0n) is 19.7. The van der Waals surface area contributed by atoms with Crippen LogP contribution in [-0.2, 0) is 6.42 Å². The maximum absolute atomic E-state index is 13.3. The highest BCUT2D eigenvalue weighted by atomic mass is 16.5. The van der Waals surface area contributed by atoms with Crippen molar-refractivity contribution in [3.63, 3.8) is 0 Å². The molecule has 0 bridgehead atoms. The number of aromatic nitrogens is 2. The fraction of sp³-hybridized carbons (Fsp3) is 0.214. The van der Waals surface area contributed by atoms with E-state index in [4.69, 9.17) is 10.5 Å². The van der Waals surface area contributed by atoms with Gasteiger partial charge in [0.2, 0.25) is 0 Å². The van der Waals surface area contributed by atoms with Crippen LogP contribution in [0.1, 0.15) is 40.9 Å². The van der Waals surface area contributed by atoms with Crippen molar-refractivity contribution in [1.29, 1.82) is 0 Å². The number of nitrogen functional groups attached to an aromatic ring is 1. The summed E-state index contributed by atoms with van der Waals surface area (Å²) in [5, 5.41) is 14.0. The summed E-state index contributed by atoms with van der Waals surface area (Å²) in [6.07, 6.45) is 3.88. The highest BCUT2D eigenvalue weighted by Gasteiger charge is 2.19. The quantitative estimate of drug-likeness (QED) is 0.309. The molecule has 4 aromatic rings. The first-order valence-electron chi connectivity index (χ1n) is 11.4. The number of carbonyl (C=O) groups excluding carboxylic acids is 1. The molecule has 1 atom stereocenters. The molecule has 0 aliphatic rings. The van der Waals surface area contributed by atoms with Crippen molar-refractivity contribution in [3.8, 4) is 17.6 Å². The zero-order chi connectivity index (χ0) is 24.8. The van der Waals surface area contributed by atoms with Gasteiger partial charge in [0.25, 0.3) is 5.91 Å². The standard InChI is InChI=1S/C28H28N4O3/c1-18(2)35-26-11-9-19(7-8-20-10-12-27(29)31-15-20)13-24(26)28(34)32-22(17-33)14-21-16-30-25-6-4-3-5-23(21)25/h3-6,9-13,15-16,18,22,30,33H,14,17H2,1-2H3,(H2,29,31)(H,32,34)/t22-/m1/s1. The number of para-hydroxylation sites is 1. The maximum Gasteiger partial charge on any atom is 0.255 e. The minimum atomic E-state index is -0.468. The second-order valence-electron chi connectivity index (χ2n) is 8.52. The molecule has 7 heteroatoms. The molecule has 35 heavy (non-hydrogen) atoms. The summed E-state index contributed by atoms with van der Waals surface area (Å²) in [4.78, 5) is 20.6. The molecular formula is C28H28N4O3. The number of anilines is 1. The third kappa shape index (κ3) is 5.99. The predicted molar refractivity (Wildman–Crippen MR) is 137 cm³/mol. The second-order valence-corrected chi connectivity index (χ2v) is 8.52. The van der Waals surface area contributed by atoms with Crippen LogP contribution in [0.15, 0.2) is 67.0 Å².